The van der Waals surface area contributed by atoms with Crippen molar-refractivity contribution in [3.8, 4) is 22.5 Å². The second-order valence-electron chi connectivity index (χ2n) is 8.06. The van der Waals surface area contributed by atoms with Crippen LogP contribution < -0.4 is 0 Å². The number of likely N-dealkylation sites (tertiary alicyclic amines) is 1. The molecule has 1 fully saturated rings. The maximum absolute atomic E-state index is 13.3. The van der Waals surface area contributed by atoms with Crippen molar-refractivity contribution in [2.24, 2.45) is 0 Å². The molecule has 4 aromatic rings. The molecule has 1 aliphatic heterocycles. The number of amides is 1. The molecule has 5 rings (SSSR count). The number of halogens is 1. The van der Waals surface area contributed by atoms with Crippen LogP contribution >= 0.6 is 0 Å². The van der Waals surface area contributed by atoms with Crippen LogP contribution in [0.2, 0.25) is 0 Å². The molecular formula is C26H22FN5O. The molecule has 7 heteroatoms. The first-order valence-electron chi connectivity index (χ1n) is 10.9. The standard InChI is InChI=1S/C26H22FN5O/c27-22-5-3-20(4-6-22)26(33)32-15-1-2-21(17-32)24-23(18-7-11-28-12-8-18)16-30-25(31-24)19-9-13-29-14-10-19/h3-14,16,21H,1-2,15,17H2. The van der Waals surface area contributed by atoms with Gasteiger partial charge in [0.15, 0.2) is 5.82 Å². The minimum atomic E-state index is -0.352. The lowest BCUT2D eigenvalue weighted by molar-refractivity contribution is 0.0706. The summed E-state index contributed by atoms with van der Waals surface area (Å²) in [6, 6.07) is 13.4. The summed E-state index contributed by atoms with van der Waals surface area (Å²) in [6.07, 6.45) is 10.6. The number of pyridine rings is 2. The van der Waals surface area contributed by atoms with Crippen LogP contribution in [0.4, 0.5) is 4.39 Å². The van der Waals surface area contributed by atoms with E-state index < -0.39 is 0 Å². The normalized spacial score (nSPS) is 15.9. The number of piperidine rings is 1. The Hall–Kier alpha value is -4.00. The average Bonchev–Trinajstić information content (AvgIpc) is 2.89. The lowest BCUT2D eigenvalue weighted by Gasteiger charge is -2.33. The predicted octanol–water partition coefficient (Wildman–Crippen LogP) is 4.76. The average molecular weight is 439 g/mol. The van der Waals surface area contributed by atoms with Gasteiger partial charge in [0.2, 0.25) is 0 Å². The lowest BCUT2D eigenvalue weighted by atomic mass is 9.89. The summed E-state index contributed by atoms with van der Waals surface area (Å²) >= 11 is 0. The Balaban J connectivity index is 1.50. The van der Waals surface area contributed by atoms with Crippen LogP contribution in [-0.4, -0.2) is 43.8 Å². The first kappa shape index (κ1) is 20.9. The molecule has 0 bridgehead atoms. The number of carbonyl (C=O) groups excluding carboxylic acids is 1. The molecule has 0 spiro atoms. The van der Waals surface area contributed by atoms with E-state index in [0.717, 1.165) is 35.2 Å². The second-order valence-corrected chi connectivity index (χ2v) is 8.06. The molecule has 164 valence electrons. The summed E-state index contributed by atoms with van der Waals surface area (Å²) in [5.41, 5.74) is 4.23. The van der Waals surface area contributed by atoms with E-state index in [4.69, 9.17) is 4.98 Å². The van der Waals surface area contributed by atoms with Crippen LogP contribution in [0.25, 0.3) is 22.5 Å². The fourth-order valence-corrected chi connectivity index (χ4v) is 4.26. The fraction of sp³-hybridized carbons (Fsp3) is 0.192. The monoisotopic (exact) mass is 439 g/mol. The Morgan fingerprint density at radius 2 is 1.58 bits per heavy atom. The molecule has 6 nitrogen and oxygen atoms in total. The summed E-state index contributed by atoms with van der Waals surface area (Å²) in [7, 11) is 0. The molecule has 0 radical (unpaired) electrons. The molecule has 0 aliphatic carbocycles. The Labute approximate surface area is 191 Å². The van der Waals surface area contributed by atoms with Crippen LogP contribution in [0, 0.1) is 5.82 Å². The van der Waals surface area contributed by atoms with Crippen LogP contribution in [-0.2, 0) is 0 Å². The predicted molar refractivity (Wildman–Crippen MR) is 123 cm³/mol. The highest BCUT2D eigenvalue weighted by atomic mass is 19.1. The minimum Gasteiger partial charge on any atom is -0.338 e. The van der Waals surface area contributed by atoms with Crippen molar-refractivity contribution in [1.82, 2.24) is 24.8 Å². The third-order valence-electron chi connectivity index (χ3n) is 5.93. The Bertz CT molecular complexity index is 1250. The van der Waals surface area contributed by atoms with Crippen molar-refractivity contribution in [1.29, 1.82) is 0 Å². The maximum atomic E-state index is 13.3. The van der Waals surface area contributed by atoms with Gasteiger partial charge in [-0.2, -0.15) is 0 Å². The number of carbonyl (C=O) groups is 1. The molecule has 3 aromatic heterocycles. The largest absolute Gasteiger partial charge is 0.338 e. The van der Waals surface area contributed by atoms with Gasteiger partial charge in [-0.3, -0.25) is 14.8 Å². The van der Waals surface area contributed by atoms with E-state index in [1.807, 2.05) is 35.4 Å². The number of aromatic nitrogens is 4. The Kier molecular flexibility index (Phi) is 5.85. The van der Waals surface area contributed by atoms with Crippen molar-refractivity contribution in [3.63, 3.8) is 0 Å². The highest BCUT2D eigenvalue weighted by Crippen LogP contribution is 2.34. The molecule has 1 saturated heterocycles. The van der Waals surface area contributed by atoms with Gasteiger partial charge in [0, 0.05) is 66.7 Å². The van der Waals surface area contributed by atoms with Gasteiger partial charge in [-0.1, -0.05) is 0 Å². The number of rotatable bonds is 4. The van der Waals surface area contributed by atoms with E-state index in [9.17, 15) is 9.18 Å². The molecule has 33 heavy (non-hydrogen) atoms. The summed E-state index contributed by atoms with van der Waals surface area (Å²) in [6.45, 7) is 1.21. The van der Waals surface area contributed by atoms with E-state index in [1.54, 1.807) is 24.8 Å². The zero-order valence-corrected chi connectivity index (χ0v) is 17.9. The SMILES string of the molecule is O=C(c1ccc(F)cc1)N1CCCC(c2nc(-c3ccncc3)ncc2-c2ccncc2)C1. The second kappa shape index (κ2) is 9.24. The van der Waals surface area contributed by atoms with Crippen LogP contribution in [0.3, 0.4) is 0 Å². The van der Waals surface area contributed by atoms with Gasteiger partial charge in [0.05, 0.1) is 5.69 Å². The Morgan fingerprint density at radius 3 is 2.27 bits per heavy atom. The van der Waals surface area contributed by atoms with Gasteiger partial charge < -0.3 is 4.90 Å². The van der Waals surface area contributed by atoms with E-state index in [-0.39, 0.29) is 17.6 Å². The first-order valence-corrected chi connectivity index (χ1v) is 10.9. The molecule has 1 aromatic carbocycles. The van der Waals surface area contributed by atoms with Gasteiger partial charge in [-0.05, 0) is 66.9 Å². The van der Waals surface area contributed by atoms with Crippen molar-refractivity contribution in [3.05, 3.63) is 96.6 Å². The third kappa shape index (κ3) is 4.48. The number of benzene rings is 1. The van der Waals surface area contributed by atoms with Crippen LogP contribution in [0.15, 0.2) is 79.5 Å². The molecule has 1 amide bonds. The van der Waals surface area contributed by atoms with Gasteiger partial charge in [0.25, 0.3) is 5.91 Å². The topological polar surface area (TPSA) is 71.9 Å². The van der Waals surface area contributed by atoms with E-state index in [2.05, 4.69) is 15.0 Å². The zero-order chi connectivity index (χ0) is 22.6. The van der Waals surface area contributed by atoms with Crippen LogP contribution in [0.1, 0.15) is 34.8 Å². The van der Waals surface area contributed by atoms with Crippen molar-refractivity contribution < 1.29 is 9.18 Å². The third-order valence-corrected chi connectivity index (χ3v) is 5.93. The highest BCUT2D eigenvalue weighted by Gasteiger charge is 2.29. The molecular weight excluding hydrogens is 417 g/mol. The number of nitrogens with zero attached hydrogens (tertiary/aromatic N) is 5. The molecule has 4 heterocycles. The van der Waals surface area contributed by atoms with E-state index >= 15 is 0 Å². The minimum absolute atomic E-state index is 0.0508. The highest BCUT2D eigenvalue weighted by molar-refractivity contribution is 5.94. The fourth-order valence-electron chi connectivity index (χ4n) is 4.26. The smallest absolute Gasteiger partial charge is 0.253 e. The van der Waals surface area contributed by atoms with Crippen molar-refractivity contribution in [2.75, 3.05) is 13.1 Å². The molecule has 0 saturated carbocycles. The molecule has 1 unspecified atom stereocenters. The zero-order valence-electron chi connectivity index (χ0n) is 17.9. The van der Waals surface area contributed by atoms with E-state index in [1.165, 1.54) is 24.3 Å². The first-order chi connectivity index (χ1) is 16.2. The van der Waals surface area contributed by atoms with Gasteiger partial charge in [0.1, 0.15) is 5.82 Å². The van der Waals surface area contributed by atoms with Gasteiger partial charge in [-0.15, -0.1) is 0 Å². The molecule has 0 N–H and O–H groups in total. The van der Waals surface area contributed by atoms with Crippen LogP contribution in [0.5, 0.6) is 0 Å². The molecule has 1 aliphatic rings. The number of hydrogen-bond donors (Lipinski definition) is 0. The summed E-state index contributed by atoms with van der Waals surface area (Å²) in [5, 5.41) is 0. The summed E-state index contributed by atoms with van der Waals surface area (Å²) < 4.78 is 13.3. The maximum Gasteiger partial charge on any atom is 0.253 e. The van der Waals surface area contributed by atoms with E-state index in [0.29, 0.717) is 24.5 Å². The quantitative estimate of drug-likeness (QED) is 0.459. The van der Waals surface area contributed by atoms with Crippen molar-refractivity contribution >= 4 is 5.91 Å². The van der Waals surface area contributed by atoms with Crippen molar-refractivity contribution in [2.45, 2.75) is 18.8 Å². The van der Waals surface area contributed by atoms with Gasteiger partial charge in [-0.25, -0.2) is 14.4 Å². The van der Waals surface area contributed by atoms with Gasteiger partial charge >= 0.3 is 0 Å². The summed E-state index contributed by atoms with van der Waals surface area (Å²) in [4.78, 5) is 32.7. The Morgan fingerprint density at radius 1 is 0.909 bits per heavy atom. The molecule has 1 atom stereocenters. The lowest BCUT2D eigenvalue weighted by Crippen LogP contribution is -2.39. The summed E-state index contributed by atoms with van der Waals surface area (Å²) in [5.74, 6) is 0.241. The number of hydrogen-bond acceptors (Lipinski definition) is 5.